The fourth-order valence-electron chi connectivity index (χ4n) is 2.86. The molecule has 1 atom stereocenters. The van der Waals surface area contributed by atoms with Crippen LogP contribution in [0.25, 0.3) is 0 Å². The SMILES string of the molecule is CNC(CCN1CCN(CCO)CC1)c1ccc(Br)cc1. The van der Waals surface area contributed by atoms with Crippen molar-refractivity contribution >= 4 is 15.9 Å². The highest BCUT2D eigenvalue weighted by Gasteiger charge is 2.17. The average molecular weight is 356 g/mol. The van der Waals surface area contributed by atoms with Gasteiger partial charge in [0.15, 0.2) is 0 Å². The molecule has 0 radical (unpaired) electrons. The van der Waals surface area contributed by atoms with Crippen LogP contribution >= 0.6 is 15.9 Å². The van der Waals surface area contributed by atoms with E-state index >= 15 is 0 Å². The number of aliphatic hydroxyl groups is 1. The lowest BCUT2D eigenvalue weighted by Crippen LogP contribution is -2.47. The van der Waals surface area contributed by atoms with Crippen LogP contribution in [0.5, 0.6) is 0 Å². The lowest BCUT2D eigenvalue weighted by Gasteiger charge is -2.35. The molecule has 1 unspecified atom stereocenters. The van der Waals surface area contributed by atoms with Gasteiger partial charge in [-0.1, -0.05) is 28.1 Å². The first-order valence-corrected chi connectivity index (χ1v) is 8.50. The minimum Gasteiger partial charge on any atom is -0.395 e. The van der Waals surface area contributed by atoms with Gasteiger partial charge in [-0.3, -0.25) is 4.90 Å². The van der Waals surface area contributed by atoms with E-state index in [1.54, 1.807) is 0 Å². The topological polar surface area (TPSA) is 38.7 Å². The Labute approximate surface area is 136 Å². The first kappa shape index (κ1) is 16.9. The van der Waals surface area contributed by atoms with Gasteiger partial charge in [-0.15, -0.1) is 0 Å². The van der Waals surface area contributed by atoms with Gasteiger partial charge >= 0.3 is 0 Å². The van der Waals surface area contributed by atoms with E-state index in [0.29, 0.717) is 6.04 Å². The standard InChI is InChI=1S/C16H26BrN3O/c1-18-16(14-2-4-15(17)5-3-14)6-7-19-8-10-20(11-9-19)12-13-21/h2-5,16,18,21H,6-13H2,1H3. The lowest BCUT2D eigenvalue weighted by atomic mass is 10.0. The third kappa shape index (κ3) is 5.34. The number of hydrogen-bond donors (Lipinski definition) is 2. The summed E-state index contributed by atoms with van der Waals surface area (Å²) < 4.78 is 1.13. The smallest absolute Gasteiger partial charge is 0.0558 e. The van der Waals surface area contributed by atoms with E-state index < -0.39 is 0 Å². The van der Waals surface area contributed by atoms with E-state index in [1.165, 1.54) is 5.56 Å². The second-order valence-corrected chi connectivity index (χ2v) is 6.50. The molecule has 0 aromatic heterocycles. The van der Waals surface area contributed by atoms with Gasteiger partial charge in [-0.05, 0) is 31.2 Å². The first-order chi connectivity index (χ1) is 10.2. The predicted molar refractivity (Wildman–Crippen MR) is 90.5 cm³/mol. The Morgan fingerprint density at radius 1 is 1.10 bits per heavy atom. The highest BCUT2D eigenvalue weighted by Crippen LogP contribution is 2.20. The van der Waals surface area contributed by atoms with Gasteiger partial charge in [-0.2, -0.15) is 0 Å². The summed E-state index contributed by atoms with van der Waals surface area (Å²) in [5.41, 5.74) is 1.35. The molecule has 0 bridgehead atoms. The zero-order chi connectivity index (χ0) is 15.1. The van der Waals surface area contributed by atoms with Gasteiger partial charge < -0.3 is 15.3 Å². The zero-order valence-corrected chi connectivity index (χ0v) is 14.3. The normalized spacial score (nSPS) is 18.8. The number of piperazine rings is 1. The Morgan fingerprint density at radius 2 is 1.67 bits per heavy atom. The number of benzene rings is 1. The zero-order valence-electron chi connectivity index (χ0n) is 12.8. The molecule has 118 valence electrons. The van der Waals surface area contributed by atoms with Crippen molar-refractivity contribution < 1.29 is 5.11 Å². The molecule has 1 fully saturated rings. The van der Waals surface area contributed by atoms with Gasteiger partial charge in [0.25, 0.3) is 0 Å². The number of aliphatic hydroxyl groups excluding tert-OH is 1. The largest absolute Gasteiger partial charge is 0.395 e. The third-order valence-electron chi connectivity index (χ3n) is 4.24. The Balaban J connectivity index is 1.77. The van der Waals surface area contributed by atoms with Crippen molar-refractivity contribution in [1.82, 2.24) is 15.1 Å². The molecule has 1 aromatic carbocycles. The third-order valence-corrected chi connectivity index (χ3v) is 4.76. The molecule has 1 saturated heterocycles. The minimum atomic E-state index is 0.269. The van der Waals surface area contributed by atoms with E-state index in [-0.39, 0.29) is 6.61 Å². The molecular formula is C16H26BrN3O. The van der Waals surface area contributed by atoms with Crippen LogP contribution in [-0.2, 0) is 0 Å². The number of rotatable bonds is 7. The molecule has 5 heteroatoms. The summed E-state index contributed by atoms with van der Waals surface area (Å²) in [6.45, 7) is 6.56. The molecule has 0 spiro atoms. The Hall–Kier alpha value is -0.460. The maximum atomic E-state index is 8.97. The quantitative estimate of drug-likeness (QED) is 0.780. The summed E-state index contributed by atoms with van der Waals surface area (Å²) in [7, 11) is 2.03. The van der Waals surface area contributed by atoms with Crippen LogP contribution in [0.3, 0.4) is 0 Å². The van der Waals surface area contributed by atoms with Crippen LogP contribution in [0, 0.1) is 0 Å². The number of hydrogen-bond acceptors (Lipinski definition) is 4. The van der Waals surface area contributed by atoms with Crippen LogP contribution in [0.1, 0.15) is 18.0 Å². The summed E-state index contributed by atoms with van der Waals surface area (Å²) in [6, 6.07) is 8.99. The van der Waals surface area contributed by atoms with Gasteiger partial charge in [0.05, 0.1) is 6.61 Å². The van der Waals surface area contributed by atoms with Crippen molar-refractivity contribution in [2.75, 3.05) is 52.9 Å². The number of nitrogens with zero attached hydrogens (tertiary/aromatic N) is 2. The average Bonchev–Trinajstić information content (AvgIpc) is 2.51. The van der Waals surface area contributed by atoms with Crippen LogP contribution < -0.4 is 5.32 Å². The second-order valence-electron chi connectivity index (χ2n) is 5.59. The highest BCUT2D eigenvalue weighted by atomic mass is 79.9. The number of halogens is 1. The highest BCUT2D eigenvalue weighted by molar-refractivity contribution is 9.10. The van der Waals surface area contributed by atoms with Crippen molar-refractivity contribution in [3.63, 3.8) is 0 Å². The van der Waals surface area contributed by atoms with Crippen molar-refractivity contribution in [1.29, 1.82) is 0 Å². The first-order valence-electron chi connectivity index (χ1n) is 7.71. The summed E-state index contributed by atoms with van der Waals surface area (Å²) in [4.78, 5) is 4.86. The number of nitrogens with one attached hydrogen (secondary N) is 1. The van der Waals surface area contributed by atoms with Gasteiger partial charge in [0.2, 0.25) is 0 Å². The van der Waals surface area contributed by atoms with Crippen molar-refractivity contribution in [3.05, 3.63) is 34.3 Å². The summed E-state index contributed by atoms with van der Waals surface area (Å²) >= 11 is 3.49. The van der Waals surface area contributed by atoms with E-state index in [0.717, 1.165) is 50.2 Å². The summed E-state index contributed by atoms with van der Waals surface area (Å²) in [5, 5.41) is 12.4. The minimum absolute atomic E-state index is 0.269. The van der Waals surface area contributed by atoms with Crippen LogP contribution in [0.4, 0.5) is 0 Å². The lowest BCUT2D eigenvalue weighted by molar-refractivity contribution is 0.110. The number of β-amino-alcohol motifs (C(OH)–C–C–N with tert-alkyl or cyclic N) is 1. The second kappa shape index (κ2) is 8.86. The molecule has 4 nitrogen and oxygen atoms in total. The molecule has 0 saturated carbocycles. The van der Waals surface area contributed by atoms with Crippen LogP contribution in [-0.4, -0.2) is 67.8 Å². The molecule has 21 heavy (non-hydrogen) atoms. The summed E-state index contributed by atoms with van der Waals surface area (Å²) in [5.74, 6) is 0. The predicted octanol–water partition coefficient (Wildman–Crippen LogP) is 1.71. The van der Waals surface area contributed by atoms with Crippen LogP contribution in [0.15, 0.2) is 28.7 Å². The van der Waals surface area contributed by atoms with Crippen LogP contribution in [0.2, 0.25) is 0 Å². The Bertz CT molecular complexity index is 404. The van der Waals surface area contributed by atoms with E-state index in [2.05, 4.69) is 55.3 Å². The summed E-state index contributed by atoms with van der Waals surface area (Å²) in [6.07, 6.45) is 1.12. The fraction of sp³-hybridized carbons (Fsp3) is 0.625. The molecule has 1 heterocycles. The van der Waals surface area contributed by atoms with Gasteiger partial charge in [0.1, 0.15) is 0 Å². The van der Waals surface area contributed by atoms with Crippen molar-refractivity contribution in [2.45, 2.75) is 12.5 Å². The Morgan fingerprint density at radius 3 is 2.19 bits per heavy atom. The molecule has 1 aromatic rings. The molecule has 0 aliphatic carbocycles. The van der Waals surface area contributed by atoms with E-state index in [1.807, 2.05) is 7.05 Å². The molecular weight excluding hydrogens is 330 g/mol. The monoisotopic (exact) mass is 355 g/mol. The maximum Gasteiger partial charge on any atom is 0.0558 e. The molecule has 1 aliphatic heterocycles. The van der Waals surface area contributed by atoms with E-state index in [4.69, 9.17) is 5.11 Å². The van der Waals surface area contributed by atoms with Crippen molar-refractivity contribution in [2.24, 2.45) is 0 Å². The van der Waals surface area contributed by atoms with Gasteiger partial charge in [0, 0.05) is 49.8 Å². The van der Waals surface area contributed by atoms with Crippen molar-refractivity contribution in [3.8, 4) is 0 Å². The molecule has 1 aliphatic rings. The molecule has 2 N–H and O–H groups in total. The maximum absolute atomic E-state index is 8.97. The molecule has 2 rings (SSSR count). The molecule has 0 amide bonds. The fourth-order valence-corrected chi connectivity index (χ4v) is 3.13. The van der Waals surface area contributed by atoms with Gasteiger partial charge in [-0.25, -0.2) is 0 Å². The van der Waals surface area contributed by atoms with E-state index in [9.17, 15) is 0 Å². The Kier molecular flexibility index (Phi) is 7.13.